The smallest absolute Gasteiger partial charge is 0.275 e. The first-order chi connectivity index (χ1) is 10.0. The predicted octanol–water partition coefficient (Wildman–Crippen LogP) is 2.00. The summed E-state index contributed by atoms with van der Waals surface area (Å²) in [6, 6.07) is 2.73. The Kier molecular flexibility index (Phi) is 3.30. The number of aromatic nitrogens is 1. The number of carbonyl (C=O) groups excluding carboxylic acids is 2. The molecular weight excluding hydrogens is 295 g/mol. The molecule has 1 aromatic heterocycles. The van der Waals surface area contributed by atoms with Gasteiger partial charge in [-0.25, -0.2) is 9.37 Å². The minimum Gasteiger partial charge on any atom is -0.375 e. The van der Waals surface area contributed by atoms with Crippen LogP contribution in [0.25, 0.3) is 0 Å². The highest BCUT2D eigenvalue weighted by atomic mass is 32.1. The zero-order valence-electron chi connectivity index (χ0n) is 10.8. The number of amides is 2. The standard InChI is InChI=1S/C13H11FN4O2S/c14-7-3-6-1-2-11(19)16-8(6)4-9(7)17-12(20)10-5-21-13(15)18-10/h3-5H,1-2H2,(H2,15,18)(H,16,19)(H,17,20). The van der Waals surface area contributed by atoms with Crippen LogP contribution in [0.2, 0.25) is 0 Å². The zero-order chi connectivity index (χ0) is 15.0. The van der Waals surface area contributed by atoms with Gasteiger partial charge in [0, 0.05) is 17.5 Å². The highest BCUT2D eigenvalue weighted by Crippen LogP contribution is 2.29. The van der Waals surface area contributed by atoms with Crippen LogP contribution in [0.5, 0.6) is 0 Å². The summed E-state index contributed by atoms with van der Waals surface area (Å²) in [5.74, 6) is -1.23. The maximum Gasteiger partial charge on any atom is 0.275 e. The first-order valence-corrected chi connectivity index (χ1v) is 7.05. The molecule has 2 heterocycles. The fourth-order valence-corrected chi connectivity index (χ4v) is 2.62. The number of aryl methyl sites for hydroxylation is 1. The topological polar surface area (TPSA) is 97.1 Å². The molecule has 0 aliphatic carbocycles. The maximum absolute atomic E-state index is 14.0. The number of hydrogen-bond acceptors (Lipinski definition) is 5. The fraction of sp³-hybridized carbons (Fsp3) is 0.154. The maximum atomic E-state index is 14.0. The largest absolute Gasteiger partial charge is 0.375 e. The van der Waals surface area contributed by atoms with Gasteiger partial charge in [-0.1, -0.05) is 0 Å². The van der Waals surface area contributed by atoms with E-state index in [1.54, 1.807) is 0 Å². The van der Waals surface area contributed by atoms with Gasteiger partial charge in [-0.3, -0.25) is 9.59 Å². The molecule has 6 nitrogen and oxygen atoms in total. The van der Waals surface area contributed by atoms with Crippen molar-refractivity contribution in [2.75, 3.05) is 16.4 Å². The second-order valence-corrected chi connectivity index (χ2v) is 5.45. The number of benzene rings is 1. The van der Waals surface area contributed by atoms with Gasteiger partial charge >= 0.3 is 0 Å². The first kappa shape index (κ1) is 13.5. The van der Waals surface area contributed by atoms with Gasteiger partial charge in [-0.2, -0.15) is 0 Å². The van der Waals surface area contributed by atoms with Gasteiger partial charge in [-0.05, 0) is 24.1 Å². The van der Waals surface area contributed by atoms with Crippen molar-refractivity contribution in [3.8, 4) is 0 Å². The Hall–Kier alpha value is -2.48. The summed E-state index contributed by atoms with van der Waals surface area (Å²) in [5.41, 5.74) is 6.79. The van der Waals surface area contributed by atoms with E-state index >= 15 is 0 Å². The lowest BCUT2D eigenvalue weighted by molar-refractivity contribution is -0.116. The molecule has 2 amide bonds. The average Bonchev–Trinajstić information content (AvgIpc) is 2.87. The van der Waals surface area contributed by atoms with E-state index in [0.717, 1.165) is 11.3 Å². The summed E-state index contributed by atoms with van der Waals surface area (Å²) in [6.07, 6.45) is 0.811. The third-order valence-corrected chi connectivity index (χ3v) is 3.77. The Morgan fingerprint density at radius 1 is 1.43 bits per heavy atom. The van der Waals surface area contributed by atoms with E-state index in [1.807, 2.05) is 0 Å². The second kappa shape index (κ2) is 5.13. The van der Waals surface area contributed by atoms with Gasteiger partial charge in [0.05, 0.1) is 5.69 Å². The molecule has 0 bridgehead atoms. The molecule has 0 fully saturated rings. The molecule has 0 radical (unpaired) electrons. The van der Waals surface area contributed by atoms with E-state index in [9.17, 15) is 14.0 Å². The van der Waals surface area contributed by atoms with Crippen molar-refractivity contribution in [1.29, 1.82) is 0 Å². The minimum absolute atomic E-state index is 0.00692. The molecule has 1 aliphatic heterocycles. The number of hydrogen-bond donors (Lipinski definition) is 3. The van der Waals surface area contributed by atoms with Crippen molar-refractivity contribution in [3.63, 3.8) is 0 Å². The SMILES string of the molecule is Nc1nc(C(=O)Nc2cc3c(cc2F)CCC(=O)N3)cs1. The Morgan fingerprint density at radius 2 is 2.24 bits per heavy atom. The van der Waals surface area contributed by atoms with Crippen molar-refractivity contribution in [2.45, 2.75) is 12.8 Å². The Balaban J connectivity index is 1.87. The summed E-state index contributed by atoms with van der Waals surface area (Å²) in [6.45, 7) is 0. The third-order valence-electron chi connectivity index (χ3n) is 3.09. The summed E-state index contributed by atoms with van der Waals surface area (Å²) in [5, 5.41) is 6.83. The molecule has 108 valence electrons. The van der Waals surface area contributed by atoms with Crippen LogP contribution >= 0.6 is 11.3 Å². The van der Waals surface area contributed by atoms with E-state index < -0.39 is 11.7 Å². The summed E-state index contributed by atoms with van der Waals surface area (Å²) in [7, 11) is 0. The molecule has 0 atom stereocenters. The summed E-state index contributed by atoms with van der Waals surface area (Å²) < 4.78 is 14.0. The Morgan fingerprint density at radius 3 is 2.95 bits per heavy atom. The molecule has 0 spiro atoms. The molecule has 0 saturated heterocycles. The van der Waals surface area contributed by atoms with Crippen LogP contribution in [0.1, 0.15) is 22.5 Å². The van der Waals surface area contributed by atoms with Gasteiger partial charge in [0.15, 0.2) is 5.13 Å². The lowest BCUT2D eigenvalue weighted by Gasteiger charge is -2.18. The number of nitrogens with zero attached hydrogens (tertiary/aromatic N) is 1. The van der Waals surface area contributed by atoms with Crippen molar-refractivity contribution < 1.29 is 14.0 Å². The summed E-state index contributed by atoms with van der Waals surface area (Å²) in [4.78, 5) is 27.1. The van der Waals surface area contributed by atoms with Crippen molar-refractivity contribution in [2.24, 2.45) is 0 Å². The Bertz CT molecular complexity index is 744. The molecule has 2 aromatic rings. The molecule has 3 rings (SSSR count). The second-order valence-electron chi connectivity index (χ2n) is 4.56. The normalized spacial score (nSPS) is 13.5. The predicted molar refractivity (Wildman–Crippen MR) is 77.8 cm³/mol. The molecule has 4 N–H and O–H groups in total. The van der Waals surface area contributed by atoms with Crippen LogP contribution in [-0.4, -0.2) is 16.8 Å². The highest BCUT2D eigenvalue weighted by molar-refractivity contribution is 7.13. The van der Waals surface area contributed by atoms with Gasteiger partial charge in [0.25, 0.3) is 5.91 Å². The van der Waals surface area contributed by atoms with Gasteiger partial charge in [-0.15, -0.1) is 11.3 Å². The number of fused-ring (bicyclic) bond motifs is 1. The summed E-state index contributed by atoms with van der Waals surface area (Å²) >= 11 is 1.13. The van der Waals surface area contributed by atoms with E-state index in [-0.39, 0.29) is 22.4 Å². The fourth-order valence-electron chi connectivity index (χ4n) is 2.07. The zero-order valence-corrected chi connectivity index (χ0v) is 11.6. The number of anilines is 3. The van der Waals surface area contributed by atoms with Gasteiger partial charge in [0.1, 0.15) is 11.5 Å². The highest BCUT2D eigenvalue weighted by Gasteiger charge is 2.19. The molecule has 8 heteroatoms. The van der Waals surface area contributed by atoms with Gasteiger partial charge in [0.2, 0.25) is 5.91 Å². The van der Waals surface area contributed by atoms with Crippen LogP contribution in [0.15, 0.2) is 17.5 Å². The molecule has 1 aliphatic rings. The van der Waals surface area contributed by atoms with Gasteiger partial charge < -0.3 is 16.4 Å². The van der Waals surface area contributed by atoms with Crippen LogP contribution < -0.4 is 16.4 Å². The Labute approximate surface area is 123 Å². The molecule has 1 aromatic carbocycles. The number of halogens is 1. The molecular formula is C13H11FN4O2S. The minimum atomic E-state index is -0.554. The third kappa shape index (κ3) is 2.70. The quantitative estimate of drug-likeness (QED) is 0.790. The number of nitrogens with one attached hydrogen (secondary N) is 2. The van der Waals surface area contributed by atoms with E-state index in [1.165, 1.54) is 17.5 Å². The van der Waals surface area contributed by atoms with Crippen LogP contribution in [0.3, 0.4) is 0 Å². The molecule has 0 saturated carbocycles. The lowest BCUT2D eigenvalue weighted by Crippen LogP contribution is -2.20. The van der Waals surface area contributed by atoms with Crippen molar-refractivity contribution in [1.82, 2.24) is 4.98 Å². The average molecular weight is 306 g/mol. The van der Waals surface area contributed by atoms with E-state index in [4.69, 9.17) is 5.73 Å². The van der Waals surface area contributed by atoms with Crippen LogP contribution in [0.4, 0.5) is 20.9 Å². The number of nitrogens with two attached hydrogens (primary N) is 1. The van der Waals surface area contributed by atoms with Crippen molar-refractivity contribution >= 4 is 39.7 Å². The number of carbonyl (C=O) groups is 2. The number of nitrogen functional groups attached to an aromatic ring is 1. The van der Waals surface area contributed by atoms with Crippen LogP contribution in [0, 0.1) is 5.82 Å². The molecule has 0 unspecified atom stereocenters. The number of thiazole rings is 1. The van der Waals surface area contributed by atoms with E-state index in [2.05, 4.69) is 15.6 Å². The van der Waals surface area contributed by atoms with E-state index in [0.29, 0.717) is 24.1 Å². The van der Waals surface area contributed by atoms with Crippen molar-refractivity contribution in [3.05, 3.63) is 34.6 Å². The first-order valence-electron chi connectivity index (χ1n) is 6.17. The number of rotatable bonds is 2. The molecule has 21 heavy (non-hydrogen) atoms. The monoisotopic (exact) mass is 306 g/mol. The van der Waals surface area contributed by atoms with Crippen LogP contribution in [-0.2, 0) is 11.2 Å². The lowest BCUT2D eigenvalue weighted by atomic mass is 10.0.